The van der Waals surface area contributed by atoms with Crippen molar-refractivity contribution in [2.75, 3.05) is 19.6 Å². The lowest BCUT2D eigenvalue weighted by molar-refractivity contribution is -0.117. The molecular formula is C14H27NO. The highest BCUT2D eigenvalue weighted by Gasteiger charge is 2.29. The Balaban J connectivity index is 2.54. The van der Waals surface area contributed by atoms with Crippen LogP contribution in [0.3, 0.4) is 0 Å². The summed E-state index contributed by atoms with van der Waals surface area (Å²) in [7, 11) is 0. The Labute approximate surface area is 100 Å². The molecule has 0 spiro atoms. The molecule has 0 saturated carbocycles. The van der Waals surface area contributed by atoms with E-state index >= 15 is 0 Å². The van der Waals surface area contributed by atoms with E-state index in [9.17, 15) is 4.79 Å². The van der Waals surface area contributed by atoms with E-state index in [4.69, 9.17) is 0 Å². The summed E-state index contributed by atoms with van der Waals surface area (Å²) in [6.45, 7) is 12.2. The second-order valence-corrected chi connectivity index (χ2v) is 6.16. The van der Waals surface area contributed by atoms with E-state index in [1.54, 1.807) is 0 Å². The fourth-order valence-electron chi connectivity index (χ4n) is 3.18. The van der Waals surface area contributed by atoms with Crippen LogP contribution in [0.5, 0.6) is 0 Å². The van der Waals surface area contributed by atoms with E-state index in [0.717, 1.165) is 44.3 Å². The highest BCUT2D eigenvalue weighted by Crippen LogP contribution is 2.27. The largest absolute Gasteiger partial charge is 0.303 e. The van der Waals surface area contributed by atoms with Gasteiger partial charge in [-0.05, 0) is 24.7 Å². The van der Waals surface area contributed by atoms with Crippen molar-refractivity contribution in [3.63, 3.8) is 0 Å². The van der Waals surface area contributed by atoms with Crippen molar-refractivity contribution in [1.29, 1.82) is 0 Å². The molecule has 2 nitrogen and oxygen atoms in total. The van der Waals surface area contributed by atoms with Crippen molar-refractivity contribution in [2.45, 2.75) is 47.0 Å². The molecule has 1 heterocycles. The molecule has 16 heavy (non-hydrogen) atoms. The van der Waals surface area contributed by atoms with Gasteiger partial charge in [-0.15, -0.1) is 0 Å². The van der Waals surface area contributed by atoms with E-state index in [1.165, 1.54) is 12.7 Å². The van der Waals surface area contributed by atoms with Gasteiger partial charge in [0.2, 0.25) is 0 Å². The van der Waals surface area contributed by atoms with Crippen molar-refractivity contribution in [3.05, 3.63) is 0 Å². The molecule has 2 heteroatoms. The Morgan fingerprint density at radius 1 is 1.31 bits per heavy atom. The molecule has 1 aliphatic heterocycles. The smallest absolute Gasteiger partial charge is 0.127 e. The third-order valence-electron chi connectivity index (χ3n) is 3.63. The number of hydrogen-bond acceptors (Lipinski definition) is 2. The number of rotatable bonds is 5. The number of carbonyl (C=O) groups is 1. The van der Waals surface area contributed by atoms with Crippen molar-refractivity contribution in [1.82, 2.24) is 4.90 Å². The number of nitrogens with zero attached hydrogens (tertiary/aromatic N) is 1. The molecule has 1 rings (SSSR count). The van der Waals surface area contributed by atoms with Crippen LogP contribution in [0.1, 0.15) is 47.0 Å². The van der Waals surface area contributed by atoms with Gasteiger partial charge in [-0.1, -0.05) is 34.1 Å². The van der Waals surface area contributed by atoms with E-state index in [2.05, 4.69) is 32.6 Å². The lowest BCUT2D eigenvalue weighted by Gasteiger charge is -2.39. The molecule has 1 fully saturated rings. The van der Waals surface area contributed by atoms with Crippen LogP contribution in [0, 0.1) is 17.3 Å². The normalized spacial score (nSPS) is 31.0. The van der Waals surface area contributed by atoms with Crippen LogP contribution in [0.15, 0.2) is 0 Å². The number of carbonyl (C=O) groups excluding carboxylic acids is 1. The number of aldehydes is 1. The van der Waals surface area contributed by atoms with Crippen LogP contribution < -0.4 is 0 Å². The Bertz CT molecular complexity index is 219. The Morgan fingerprint density at radius 3 is 2.31 bits per heavy atom. The SMILES string of the molecule is CCCC(C)(C=O)CN1CC(C)CC(C)C1. The molecule has 0 radical (unpaired) electrons. The summed E-state index contributed by atoms with van der Waals surface area (Å²) >= 11 is 0. The molecule has 0 amide bonds. The summed E-state index contributed by atoms with van der Waals surface area (Å²) in [5, 5.41) is 0. The van der Waals surface area contributed by atoms with Gasteiger partial charge < -0.3 is 9.69 Å². The lowest BCUT2D eigenvalue weighted by atomic mass is 9.84. The number of piperidine rings is 1. The second-order valence-electron chi connectivity index (χ2n) is 6.16. The van der Waals surface area contributed by atoms with Gasteiger partial charge in [0, 0.05) is 25.0 Å². The fourth-order valence-corrected chi connectivity index (χ4v) is 3.18. The van der Waals surface area contributed by atoms with E-state index in [1.807, 2.05) is 0 Å². The zero-order valence-corrected chi connectivity index (χ0v) is 11.3. The summed E-state index contributed by atoms with van der Waals surface area (Å²) in [5.41, 5.74) is -0.133. The maximum Gasteiger partial charge on any atom is 0.127 e. The Morgan fingerprint density at radius 2 is 1.88 bits per heavy atom. The Hall–Kier alpha value is -0.370. The fraction of sp³-hybridized carbons (Fsp3) is 0.929. The van der Waals surface area contributed by atoms with Gasteiger partial charge in [0.25, 0.3) is 0 Å². The zero-order valence-electron chi connectivity index (χ0n) is 11.3. The zero-order chi connectivity index (χ0) is 12.2. The Kier molecular flexibility index (Phi) is 4.97. The summed E-state index contributed by atoms with van der Waals surface area (Å²) in [4.78, 5) is 13.7. The molecule has 0 aromatic heterocycles. The van der Waals surface area contributed by atoms with Crippen LogP contribution >= 0.6 is 0 Å². The number of likely N-dealkylation sites (tertiary alicyclic amines) is 1. The minimum absolute atomic E-state index is 0.133. The van der Waals surface area contributed by atoms with Gasteiger partial charge in [0.15, 0.2) is 0 Å². The molecule has 0 aliphatic carbocycles. The standard InChI is InChI=1S/C14H27NO/c1-5-6-14(4,11-16)10-15-8-12(2)7-13(3)9-15/h11-13H,5-10H2,1-4H3. The van der Waals surface area contributed by atoms with Gasteiger partial charge in [-0.3, -0.25) is 0 Å². The van der Waals surface area contributed by atoms with E-state index in [-0.39, 0.29) is 5.41 Å². The lowest BCUT2D eigenvalue weighted by Crippen LogP contribution is -2.44. The average molecular weight is 225 g/mol. The maximum absolute atomic E-state index is 11.2. The van der Waals surface area contributed by atoms with Gasteiger partial charge in [-0.25, -0.2) is 0 Å². The second kappa shape index (κ2) is 5.81. The van der Waals surface area contributed by atoms with Crippen LogP contribution in [0.2, 0.25) is 0 Å². The molecular weight excluding hydrogens is 198 g/mol. The first-order valence-corrected chi connectivity index (χ1v) is 6.67. The predicted molar refractivity (Wildman–Crippen MR) is 68.5 cm³/mol. The van der Waals surface area contributed by atoms with Crippen molar-refractivity contribution in [2.24, 2.45) is 17.3 Å². The van der Waals surface area contributed by atoms with Crippen LogP contribution in [-0.2, 0) is 4.79 Å². The van der Waals surface area contributed by atoms with Gasteiger partial charge in [-0.2, -0.15) is 0 Å². The first kappa shape index (κ1) is 13.7. The van der Waals surface area contributed by atoms with Crippen molar-refractivity contribution >= 4 is 6.29 Å². The topological polar surface area (TPSA) is 20.3 Å². The molecule has 94 valence electrons. The third-order valence-corrected chi connectivity index (χ3v) is 3.63. The van der Waals surface area contributed by atoms with Gasteiger partial charge in [0.05, 0.1) is 0 Å². The van der Waals surface area contributed by atoms with Crippen LogP contribution in [-0.4, -0.2) is 30.8 Å². The monoisotopic (exact) mass is 225 g/mol. The van der Waals surface area contributed by atoms with Crippen LogP contribution in [0.25, 0.3) is 0 Å². The summed E-state index contributed by atoms with van der Waals surface area (Å²) in [6, 6.07) is 0. The summed E-state index contributed by atoms with van der Waals surface area (Å²) in [5.74, 6) is 1.56. The van der Waals surface area contributed by atoms with Crippen LogP contribution in [0.4, 0.5) is 0 Å². The molecule has 1 saturated heterocycles. The summed E-state index contributed by atoms with van der Waals surface area (Å²) in [6.07, 6.45) is 4.60. The minimum atomic E-state index is -0.133. The molecule has 1 aliphatic rings. The quantitative estimate of drug-likeness (QED) is 0.670. The van der Waals surface area contributed by atoms with Crippen molar-refractivity contribution in [3.8, 4) is 0 Å². The summed E-state index contributed by atoms with van der Waals surface area (Å²) < 4.78 is 0. The van der Waals surface area contributed by atoms with E-state index in [0.29, 0.717) is 0 Å². The molecule has 3 unspecified atom stereocenters. The van der Waals surface area contributed by atoms with Crippen molar-refractivity contribution < 1.29 is 4.79 Å². The third kappa shape index (κ3) is 3.89. The van der Waals surface area contributed by atoms with Gasteiger partial charge in [0.1, 0.15) is 6.29 Å². The average Bonchev–Trinajstić information content (AvgIpc) is 2.16. The molecule has 3 atom stereocenters. The number of hydrogen-bond donors (Lipinski definition) is 0. The first-order chi connectivity index (χ1) is 7.49. The van der Waals surface area contributed by atoms with E-state index < -0.39 is 0 Å². The highest BCUT2D eigenvalue weighted by atomic mass is 16.1. The first-order valence-electron chi connectivity index (χ1n) is 6.67. The molecule has 0 bridgehead atoms. The molecule has 0 N–H and O–H groups in total. The maximum atomic E-state index is 11.2. The highest BCUT2D eigenvalue weighted by molar-refractivity contribution is 5.59. The predicted octanol–water partition coefficient (Wildman–Crippen LogP) is 2.97. The molecule has 0 aromatic carbocycles. The van der Waals surface area contributed by atoms with Gasteiger partial charge >= 0.3 is 0 Å². The molecule has 0 aromatic rings. The minimum Gasteiger partial charge on any atom is -0.303 e.